The number of halogens is 2. The Labute approximate surface area is 99.3 Å². The minimum Gasteiger partial charge on any atom is -0.368 e. The lowest BCUT2D eigenvalue weighted by Gasteiger charge is -2.09. The van der Waals surface area contributed by atoms with Crippen LogP contribution in [-0.4, -0.2) is 9.97 Å². The highest BCUT2D eigenvalue weighted by Gasteiger charge is 2.10. The van der Waals surface area contributed by atoms with E-state index in [1.54, 1.807) is 18.2 Å². The Bertz CT molecular complexity index is 521. The number of nitrogens with one attached hydrogen (secondary N) is 1. The summed E-state index contributed by atoms with van der Waals surface area (Å²) in [6.45, 7) is 0. The summed E-state index contributed by atoms with van der Waals surface area (Å²) < 4.78 is 13.5. The third-order valence-corrected chi connectivity index (χ3v) is 2.59. The predicted molar refractivity (Wildman–Crippen MR) is 65.8 cm³/mol. The van der Waals surface area contributed by atoms with Gasteiger partial charge in [0.15, 0.2) is 0 Å². The van der Waals surface area contributed by atoms with Crippen molar-refractivity contribution in [2.24, 2.45) is 0 Å². The summed E-state index contributed by atoms with van der Waals surface area (Å²) in [5.74, 6) is -0.536. The van der Waals surface area contributed by atoms with Crippen LogP contribution in [0.25, 0.3) is 11.1 Å². The standard InChI is InChI=1S/C10H8ClFN3P/c11-9-4-7(8(15-16)5-14-9)6-2-1-3-13-10(6)12/h1-5,15H,16H2. The van der Waals surface area contributed by atoms with Crippen LogP contribution in [0.5, 0.6) is 0 Å². The van der Waals surface area contributed by atoms with Crippen LogP contribution >= 0.6 is 21.0 Å². The molecule has 0 aliphatic rings. The molecule has 0 aromatic carbocycles. The lowest BCUT2D eigenvalue weighted by Crippen LogP contribution is -1.93. The molecule has 0 bridgehead atoms. The Morgan fingerprint density at radius 3 is 2.81 bits per heavy atom. The maximum Gasteiger partial charge on any atom is 0.220 e. The van der Waals surface area contributed by atoms with E-state index in [1.807, 2.05) is 0 Å². The molecule has 2 aromatic rings. The second kappa shape index (κ2) is 4.73. The molecule has 2 aromatic heterocycles. The maximum absolute atomic E-state index is 13.5. The molecule has 16 heavy (non-hydrogen) atoms. The maximum atomic E-state index is 13.5. The van der Waals surface area contributed by atoms with E-state index in [-0.39, 0.29) is 0 Å². The van der Waals surface area contributed by atoms with Gasteiger partial charge >= 0.3 is 0 Å². The Balaban J connectivity index is 2.63. The molecule has 1 unspecified atom stereocenters. The van der Waals surface area contributed by atoms with Gasteiger partial charge < -0.3 is 5.09 Å². The van der Waals surface area contributed by atoms with Gasteiger partial charge in [0.25, 0.3) is 0 Å². The summed E-state index contributed by atoms with van der Waals surface area (Å²) in [4.78, 5) is 7.51. The SMILES string of the molecule is Fc1ncccc1-c1cc(Cl)ncc1NP. The number of aromatic nitrogens is 2. The monoisotopic (exact) mass is 255 g/mol. The summed E-state index contributed by atoms with van der Waals surface area (Å²) in [5.41, 5.74) is 1.68. The quantitative estimate of drug-likeness (QED) is 0.662. The van der Waals surface area contributed by atoms with E-state index in [1.165, 1.54) is 12.4 Å². The Morgan fingerprint density at radius 2 is 2.12 bits per heavy atom. The van der Waals surface area contributed by atoms with Crippen molar-refractivity contribution in [2.45, 2.75) is 0 Å². The summed E-state index contributed by atoms with van der Waals surface area (Å²) >= 11 is 5.79. The minimum atomic E-state index is -0.536. The molecule has 0 aliphatic heterocycles. The zero-order chi connectivity index (χ0) is 11.5. The molecule has 0 amide bonds. The van der Waals surface area contributed by atoms with E-state index < -0.39 is 5.95 Å². The average molecular weight is 256 g/mol. The molecule has 6 heteroatoms. The normalized spacial score (nSPS) is 10.2. The third kappa shape index (κ3) is 2.13. The molecule has 82 valence electrons. The van der Waals surface area contributed by atoms with Gasteiger partial charge in [0.2, 0.25) is 5.95 Å². The number of nitrogens with zero attached hydrogens (tertiary/aromatic N) is 2. The smallest absolute Gasteiger partial charge is 0.220 e. The molecular weight excluding hydrogens is 248 g/mol. The second-order valence-corrected chi connectivity index (χ2v) is 3.71. The van der Waals surface area contributed by atoms with E-state index in [4.69, 9.17) is 11.6 Å². The van der Waals surface area contributed by atoms with Crippen molar-refractivity contribution >= 4 is 26.7 Å². The fourth-order valence-corrected chi connectivity index (χ4v) is 1.74. The highest BCUT2D eigenvalue weighted by Crippen LogP contribution is 2.31. The number of hydrogen-bond donors (Lipinski definition) is 1. The molecule has 0 spiro atoms. The lowest BCUT2D eigenvalue weighted by atomic mass is 10.1. The van der Waals surface area contributed by atoms with Gasteiger partial charge in [0.05, 0.1) is 11.9 Å². The zero-order valence-electron chi connectivity index (χ0n) is 8.11. The van der Waals surface area contributed by atoms with E-state index >= 15 is 0 Å². The van der Waals surface area contributed by atoms with E-state index in [0.29, 0.717) is 22.0 Å². The van der Waals surface area contributed by atoms with Crippen molar-refractivity contribution in [2.75, 3.05) is 5.09 Å². The van der Waals surface area contributed by atoms with Gasteiger partial charge in [-0.25, -0.2) is 9.97 Å². The first kappa shape index (κ1) is 11.2. The van der Waals surface area contributed by atoms with Crippen LogP contribution in [0.4, 0.5) is 10.1 Å². The number of rotatable bonds is 2. The molecule has 2 rings (SSSR count). The van der Waals surface area contributed by atoms with Crippen LogP contribution in [-0.2, 0) is 0 Å². The van der Waals surface area contributed by atoms with Crippen LogP contribution in [0, 0.1) is 5.95 Å². The largest absolute Gasteiger partial charge is 0.368 e. The number of pyridine rings is 2. The minimum absolute atomic E-state index is 0.308. The van der Waals surface area contributed by atoms with Crippen molar-refractivity contribution < 1.29 is 4.39 Å². The highest BCUT2D eigenvalue weighted by molar-refractivity contribution is 7.18. The molecular formula is C10H8ClFN3P. The van der Waals surface area contributed by atoms with Gasteiger partial charge in [0, 0.05) is 17.3 Å². The zero-order valence-corrected chi connectivity index (χ0v) is 10.0. The summed E-state index contributed by atoms with van der Waals surface area (Å²) in [6.07, 6.45) is 2.94. The molecule has 2 heterocycles. The molecule has 1 atom stereocenters. The van der Waals surface area contributed by atoms with Crippen molar-refractivity contribution in [3.05, 3.63) is 41.7 Å². The number of anilines is 1. The second-order valence-electron chi connectivity index (χ2n) is 3.04. The van der Waals surface area contributed by atoms with Gasteiger partial charge in [-0.05, 0) is 27.6 Å². The van der Waals surface area contributed by atoms with E-state index in [9.17, 15) is 4.39 Å². The Morgan fingerprint density at radius 1 is 1.31 bits per heavy atom. The fourth-order valence-electron chi connectivity index (χ4n) is 1.35. The molecule has 0 fully saturated rings. The predicted octanol–water partition coefficient (Wildman–Crippen LogP) is 3.14. The molecule has 0 aliphatic carbocycles. The van der Waals surface area contributed by atoms with Gasteiger partial charge in [-0.15, -0.1) is 0 Å². The van der Waals surface area contributed by atoms with Gasteiger partial charge in [-0.2, -0.15) is 4.39 Å². The first-order valence-electron chi connectivity index (χ1n) is 4.45. The van der Waals surface area contributed by atoms with Crippen LogP contribution in [0.1, 0.15) is 0 Å². The molecule has 0 radical (unpaired) electrons. The van der Waals surface area contributed by atoms with Crippen LogP contribution in [0.3, 0.4) is 0 Å². The van der Waals surface area contributed by atoms with Crippen LogP contribution in [0.2, 0.25) is 5.15 Å². The first-order chi connectivity index (χ1) is 7.72. The topological polar surface area (TPSA) is 37.8 Å². The molecule has 0 saturated heterocycles. The van der Waals surface area contributed by atoms with Crippen LogP contribution in [0.15, 0.2) is 30.6 Å². The van der Waals surface area contributed by atoms with Gasteiger partial charge in [0.1, 0.15) is 5.15 Å². The van der Waals surface area contributed by atoms with Crippen molar-refractivity contribution in [3.8, 4) is 11.1 Å². The van der Waals surface area contributed by atoms with Crippen molar-refractivity contribution in [1.82, 2.24) is 9.97 Å². The molecule has 1 N–H and O–H groups in total. The van der Waals surface area contributed by atoms with E-state index in [0.717, 1.165) is 0 Å². The first-order valence-corrected chi connectivity index (χ1v) is 5.41. The highest BCUT2D eigenvalue weighted by atomic mass is 35.5. The lowest BCUT2D eigenvalue weighted by molar-refractivity contribution is 0.587. The summed E-state index contributed by atoms with van der Waals surface area (Å²) in [6, 6.07) is 4.90. The summed E-state index contributed by atoms with van der Waals surface area (Å²) in [5, 5.41) is 3.16. The van der Waals surface area contributed by atoms with E-state index in [2.05, 4.69) is 24.4 Å². The van der Waals surface area contributed by atoms with Crippen molar-refractivity contribution in [1.29, 1.82) is 0 Å². The molecule has 3 nitrogen and oxygen atoms in total. The average Bonchev–Trinajstić information content (AvgIpc) is 2.29. The third-order valence-electron chi connectivity index (χ3n) is 2.08. The Kier molecular flexibility index (Phi) is 3.32. The van der Waals surface area contributed by atoms with Gasteiger partial charge in [-0.1, -0.05) is 11.6 Å². The summed E-state index contributed by atoms with van der Waals surface area (Å²) in [7, 11) is 2.33. The van der Waals surface area contributed by atoms with Crippen molar-refractivity contribution in [3.63, 3.8) is 0 Å². The van der Waals surface area contributed by atoms with Crippen LogP contribution < -0.4 is 5.09 Å². The fraction of sp³-hybridized carbons (Fsp3) is 0. The molecule has 0 saturated carbocycles. The Hall–Kier alpha value is -1.25. The number of hydrogen-bond acceptors (Lipinski definition) is 3. The van der Waals surface area contributed by atoms with Gasteiger partial charge in [-0.3, -0.25) is 0 Å².